The average molecular weight is 240 g/mol. The maximum absolute atomic E-state index is 12.4. The highest BCUT2D eigenvalue weighted by Gasteiger charge is 2.30. The average Bonchev–Trinajstić information content (AvgIpc) is 2.27. The van der Waals surface area contributed by atoms with Crippen molar-refractivity contribution in [2.24, 2.45) is 11.7 Å². The molecule has 3 heteroatoms. The van der Waals surface area contributed by atoms with E-state index in [2.05, 4.69) is 0 Å². The van der Waals surface area contributed by atoms with Crippen LogP contribution in [0.3, 0.4) is 0 Å². The topological polar surface area (TPSA) is 46.3 Å². The van der Waals surface area contributed by atoms with E-state index in [9.17, 15) is 4.79 Å². The van der Waals surface area contributed by atoms with Gasteiger partial charge in [-0.25, -0.2) is 0 Å². The molecule has 1 saturated carbocycles. The molecule has 1 rings (SSSR count). The third kappa shape index (κ3) is 3.98. The molecule has 17 heavy (non-hydrogen) atoms. The first-order valence-electron chi connectivity index (χ1n) is 6.97. The van der Waals surface area contributed by atoms with Crippen molar-refractivity contribution in [1.82, 2.24) is 4.90 Å². The minimum Gasteiger partial charge on any atom is -0.339 e. The van der Waals surface area contributed by atoms with Crippen LogP contribution < -0.4 is 5.73 Å². The smallest absolute Gasteiger partial charge is 0.225 e. The van der Waals surface area contributed by atoms with Crippen molar-refractivity contribution in [2.45, 2.75) is 64.3 Å². The number of amides is 1. The molecule has 1 fully saturated rings. The van der Waals surface area contributed by atoms with Gasteiger partial charge in [-0.3, -0.25) is 4.79 Å². The van der Waals surface area contributed by atoms with Gasteiger partial charge in [0.05, 0.1) is 0 Å². The van der Waals surface area contributed by atoms with Crippen LogP contribution in [0.2, 0.25) is 0 Å². The van der Waals surface area contributed by atoms with E-state index >= 15 is 0 Å². The minimum atomic E-state index is -0.223. The molecule has 2 N–H and O–H groups in total. The summed E-state index contributed by atoms with van der Waals surface area (Å²) in [6, 6.07) is 0. The third-order valence-electron chi connectivity index (χ3n) is 4.19. The van der Waals surface area contributed by atoms with Crippen LogP contribution >= 0.6 is 0 Å². The quantitative estimate of drug-likeness (QED) is 0.824. The monoisotopic (exact) mass is 240 g/mol. The fourth-order valence-electron chi connectivity index (χ4n) is 2.41. The molecule has 0 aliphatic heterocycles. The molecular formula is C14H28N2O. The van der Waals surface area contributed by atoms with Crippen molar-refractivity contribution < 1.29 is 4.79 Å². The van der Waals surface area contributed by atoms with Gasteiger partial charge in [-0.05, 0) is 26.7 Å². The van der Waals surface area contributed by atoms with Crippen LogP contribution in [-0.4, -0.2) is 29.9 Å². The number of hydrogen-bond acceptors (Lipinski definition) is 2. The molecule has 0 bridgehead atoms. The summed E-state index contributed by atoms with van der Waals surface area (Å²) in [4.78, 5) is 14.3. The lowest BCUT2D eigenvalue weighted by Crippen LogP contribution is -2.51. The van der Waals surface area contributed by atoms with Gasteiger partial charge in [0.1, 0.15) is 0 Å². The summed E-state index contributed by atoms with van der Waals surface area (Å²) in [6.45, 7) is 4.59. The number of rotatable bonds is 3. The summed E-state index contributed by atoms with van der Waals surface area (Å²) in [5.74, 6) is 0.522. The number of nitrogens with two attached hydrogens (primary N) is 1. The molecule has 3 nitrogen and oxygen atoms in total. The summed E-state index contributed by atoms with van der Waals surface area (Å²) in [5, 5.41) is 0. The fourth-order valence-corrected chi connectivity index (χ4v) is 2.41. The standard InChI is InChI=1S/C14H28N2O/c1-14(2,11-15)16(3)13(17)12-9-7-5-4-6-8-10-12/h12H,4-11,15H2,1-3H3. The first-order chi connectivity index (χ1) is 7.99. The normalized spacial score (nSPS) is 19.5. The highest BCUT2D eigenvalue weighted by molar-refractivity contribution is 5.79. The van der Waals surface area contributed by atoms with Crippen molar-refractivity contribution in [3.05, 3.63) is 0 Å². The fraction of sp³-hybridized carbons (Fsp3) is 0.929. The van der Waals surface area contributed by atoms with Crippen LogP contribution in [0.4, 0.5) is 0 Å². The van der Waals surface area contributed by atoms with Gasteiger partial charge < -0.3 is 10.6 Å². The summed E-state index contributed by atoms with van der Waals surface area (Å²) in [7, 11) is 1.90. The summed E-state index contributed by atoms with van der Waals surface area (Å²) in [5.41, 5.74) is 5.51. The second-order valence-electron chi connectivity index (χ2n) is 5.96. The molecule has 0 heterocycles. The van der Waals surface area contributed by atoms with Gasteiger partial charge >= 0.3 is 0 Å². The Balaban J connectivity index is 2.60. The number of hydrogen-bond donors (Lipinski definition) is 1. The Morgan fingerprint density at radius 3 is 2.12 bits per heavy atom. The van der Waals surface area contributed by atoms with Gasteiger partial charge in [-0.2, -0.15) is 0 Å². The van der Waals surface area contributed by atoms with Crippen LogP contribution in [-0.2, 0) is 4.79 Å². The number of carbonyl (C=O) groups excluding carboxylic acids is 1. The molecule has 0 aromatic carbocycles. The third-order valence-corrected chi connectivity index (χ3v) is 4.19. The Kier molecular flexibility index (Phi) is 5.44. The van der Waals surface area contributed by atoms with E-state index in [4.69, 9.17) is 5.73 Å². The molecule has 0 aromatic rings. The molecule has 1 amide bonds. The lowest BCUT2D eigenvalue weighted by molar-refractivity contribution is -0.139. The molecule has 0 radical (unpaired) electrons. The van der Waals surface area contributed by atoms with E-state index in [-0.39, 0.29) is 11.5 Å². The Bertz CT molecular complexity index is 243. The maximum atomic E-state index is 12.4. The second-order valence-corrected chi connectivity index (χ2v) is 5.96. The SMILES string of the molecule is CN(C(=O)C1CCCCCCC1)C(C)(C)CN. The zero-order valence-corrected chi connectivity index (χ0v) is 11.7. The number of carbonyl (C=O) groups is 1. The minimum absolute atomic E-state index is 0.223. The van der Waals surface area contributed by atoms with Crippen molar-refractivity contribution >= 4 is 5.91 Å². The molecule has 0 atom stereocenters. The Morgan fingerprint density at radius 1 is 1.18 bits per heavy atom. The van der Waals surface area contributed by atoms with Crippen LogP contribution in [0.15, 0.2) is 0 Å². The molecular weight excluding hydrogens is 212 g/mol. The molecule has 0 spiro atoms. The van der Waals surface area contributed by atoms with Gasteiger partial charge in [-0.1, -0.05) is 32.1 Å². The Hall–Kier alpha value is -0.570. The van der Waals surface area contributed by atoms with Gasteiger partial charge in [0, 0.05) is 25.0 Å². The van der Waals surface area contributed by atoms with Crippen LogP contribution in [0.25, 0.3) is 0 Å². The molecule has 1 aliphatic carbocycles. The Labute approximate surface area is 106 Å². The second kappa shape index (κ2) is 6.39. The van der Waals surface area contributed by atoms with E-state index in [1.807, 2.05) is 25.8 Å². The van der Waals surface area contributed by atoms with E-state index in [0.29, 0.717) is 12.5 Å². The van der Waals surface area contributed by atoms with Crippen molar-refractivity contribution in [1.29, 1.82) is 0 Å². The molecule has 0 aromatic heterocycles. The zero-order valence-electron chi connectivity index (χ0n) is 11.7. The van der Waals surface area contributed by atoms with E-state index in [1.165, 1.54) is 32.1 Å². The highest BCUT2D eigenvalue weighted by Crippen LogP contribution is 2.25. The van der Waals surface area contributed by atoms with Crippen LogP contribution in [0, 0.1) is 5.92 Å². The largest absolute Gasteiger partial charge is 0.339 e. The van der Waals surface area contributed by atoms with Crippen molar-refractivity contribution in [3.8, 4) is 0 Å². The van der Waals surface area contributed by atoms with Gasteiger partial charge in [0.25, 0.3) is 0 Å². The number of likely N-dealkylation sites (N-methyl/N-ethyl adjacent to an activating group) is 1. The van der Waals surface area contributed by atoms with E-state index in [0.717, 1.165) is 12.8 Å². The van der Waals surface area contributed by atoms with E-state index < -0.39 is 0 Å². The maximum Gasteiger partial charge on any atom is 0.225 e. The summed E-state index contributed by atoms with van der Waals surface area (Å²) >= 11 is 0. The van der Waals surface area contributed by atoms with E-state index in [1.54, 1.807) is 0 Å². The molecule has 0 saturated heterocycles. The summed E-state index contributed by atoms with van der Waals surface area (Å²) < 4.78 is 0. The molecule has 100 valence electrons. The van der Waals surface area contributed by atoms with Gasteiger partial charge in [0.2, 0.25) is 5.91 Å². The van der Waals surface area contributed by atoms with Crippen molar-refractivity contribution in [3.63, 3.8) is 0 Å². The van der Waals surface area contributed by atoms with Crippen LogP contribution in [0.5, 0.6) is 0 Å². The lowest BCUT2D eigenvalue weighted by atomic mass is 9.89. The van der Waals surface area contributed by atoms with Crippen LogP contribution in [0.1, 0.15) is 58.8 Å². The molecule has 1 aliphatic rings. The predicted octanol–water partition coefficient (Wildman–Crippen LogP) is 2.54. The van der Waals surface area contributed by atoms with Gasteiger partial charge in [0.15, 0.2) is 0 Å². The summed E-state index contributed by atoms with van der Waals surface area (Å²) in [6.07, 6.45) is 8.43. The predicted molar refractivity (Wildman–Crippen MR) is 71.7 cm³/mol. The van der Waals surface area contributed by atoms with Crippen molar-refractivity contribution in [2.75, 3.05) is 13.6 Å². The first kappa shape index (κ1) is 14.5. The zero-order chi connectivity index (χ0) is 12.9. The Morgan fingerprint density at radius 2 is 1.65 bits per heavy atom. The first-order valence-corrected chi connectivity index (χ1v) is 6.97. The van der Waals surface area contributed by atoms with Gasteiger partial charge in [-0.15, -0.1) is 0 Å². The molecule has 0 unspecified atom stereocenters. The highest BCUT2D eigenvalue weighted by atomic mass is 16.2. The lowest BCUT2D eigenvalue weighted by Gasteiger charge is -2.37. The number of nitrogens with zero attached hydrogens (tertiary/aromatic N) is 1.